The van der Waals surface area contributed by atoms with E-state index >= 15 is 0 Å². The molecular weight excluding hydrogens is 312 g/mol. The molecule has 1 unspecified atom stereocenters. The summed E-state index contributed by atoms with van der Waals surface area (Å²) in [5, 5.41) is 17.9. The number of carboxylic acid groups (broad SMARTS) is 1. The SMILES string of the molecule is CCn1cc(C(=O)Nc2ccc(C(=O)NC(C)C(=O)O)cc2)cn1. The average molecular weight is 330 g/mol. The third-order valence-corrected chi connectivity index (χ3v) is 3.34. The molecule has 1 atom stereocenters. The Morgan fingerprint density at radius 1 is 1.17 bits per heavy atom. The second kappa shape index (κ2) is 7.40. The molecule has 0 saturated heterocycles. The van der Waals surface area contributed by atoms with Gasteiger partial charge >= 0.3 is 5.97 Å². The van der Waals surface area contributed by atoms with E-state index in [1.54, 1.807) is 23.0 Å². The molecule has 0 aliphatic heterocycles. The summed E-state index contributed by atoms with van der Waals surface area (Å²) in [5.41, 5.74) is 1.26. The number of nitrogens with zero attached hydrogens (tertiary/aromatic N) is 2. The van der Waals surface area contributed by atoms with Crippen molar-refractivity contribution in [2.75, 3.05) is 5.32 Å². The van der Waals surface area contributed by atoms with Gasteiger partial charge in [0, 0.05) is 24.0 Å². The van der Waals surface area contributed by atoms with E-state index in [-0.39, 0.29) is 5.91 Å². The molecule has 0 aliphatic carbocycles. The van der Waals surface area contributed by atoms with Gasteiger partial charge in [0.1, 0.15) is 6.04 Å². The molecular formula is C16H18N4O4. The first-order chi connectivity index (χ1) is 11.4. The number of carboxylic acids is 1. The number of benzene rings is 1. The van der Waals surface area contributed by atoms with Crippen molar-refractivity contribution in [2.45, 2.75) is 26.4 Å². The van der Waals surface area contributed by atoms with Gasteiger partial charge in [-0.3, -0.25) is 19.1 Å². The highest BCUT2D eigenvalue weighted by Crippen LogP contribution is 2.11. The summed E-state index contributed by atoms with van der Waals surface area (Å²) in [5.74, 6) is -1.90. The molecule has 0 bridgehead atoms. The largest absolute Gasteiger partial charge is 0.480 e. The van der Waals surface area contributed by atoms with Crippen molar-refractivity contribution in [3.8, 4) is 0 Å². The zero-order valence-electron chi connectivity index (χ0n) is 13.3. The van der Waals surface area contributed by atoms with Gasteiger partial charge in [-0.2, -0.15) is 5.10 Å². The van der Waals surface area contributed by atoms with Gasteiger partial charge in [0.15, 0.2) is 0 Å². The van der Waals surface area contributed by atoms with Gasteiger partial charge < -0.3 is 15.7 Å². The lowest BCUT2D eigenvalue weighted by Crippen LogP contribution is -2.38. The highest BCUT2D eigenvalue weighted by atomic mass is 16.4. The van der Waals surface area contributed by atoms with E-state index in [9.17, 15) is 14.4 Å². The predicted molar refractivity (Wildman–Crippen MR) is 86.9 cm³/mol. The molecule has 3 N–H and O–H groups in total. The van der Waals surface area contributed by atoms with Crippen molar-refractivity contribution in [2.24, 2.45) is 0 Å². The van der Waals surface area contributed by atoms with Gasteiger partial charge in [-0.05, 0) is 38.1 Å². The Balaban J connectivity index is 2.00. The molecule has 8 heteroatoms. The van der Waals surface area contributed by atoms with Crippen LogP contribution in [0.4, 0.5) is 5.69 Å². The second-order valence-corrected chi connectivity index (χ2v) is 5.15. The van der Waals surface area contributed by atoms with Crippen LogP contribution < -0.4 is 10.6 Å². The Bertz CT molecular complexity index is 752. The van der Waals surface area contributed by atoms with Crippen molar-refractivity contribution in [3.63, 3.8) is 0 Å². The van der Waals surface area contributed by atoms with Crippen LogP contribution in [0.2, 0.25) is 0 Å². The smallest absolute Gasteiger partial charge is 0.325 e. The van der Waals surface area contributed by atoms with Crippen molar-refractivity contribution < 1.29 is 19.5 Å². The van der Waals surface area contributed by atoms with Gasteiger partial charge in [0.25, 0.3) is 11.8 Å². The van der Waals surface area contributed by atoms with Crippen LogP contribution in [0.15, 0.2) is 36.7 Å². The number of amides is 2. The fourth-order valence-corrected chi connectivity index (χ4v) is 1.90. The number of aromatic nitrogens is 2. The molecule has 2 aromatic rings. The monoisotopic (exact) mass is 330 g/mol. The van der Waals surface area contributed by atoms with Crippen molar-refractivity contribution in [1.29, 1.82) is 0 Å². The molecule has 2 amide bonds. The zero-order chi connectivity index (χ0) is 17.7. The molecule has 0 radical (unpaired) electrons. The number of aliphatic carboxylic acids is 1. The molecule has 1 aromatic heterocycles. The summed E-state index contributed by atoms with van der Waals surface area (Å²) >= 11 is 0. The maximum Gasteiger partial charge on any atom is 0.325 e. The summed E-state index contributed by atoms with van der Waals surface area (Å²) < 4.78 is 1.64. The third kappa shape index (κ3) is 4.19. The summed E-state index contributed by atoms with van der Waals surface area (Å²) in [7, 11) is 0. The van der Waals surface area contributed by atoms with Crippen LogP contribution in [-0.2, 0) is 11.3 Å². The quantitative estimate of drug-likeness (QED) is 0.740. The molecule has 1 heterocycles. The minimum atomic E-state index is -1.11. The molecule has 0 saturated carbocycles. The van der Waals surface area contributed by atoms with Gasteiger partial charge in [0.2, 0.25) is 0 Å². The zero-order valence-corrected chi connectivity index (χ0v) is 13.3. The summed E-state index contributed by atoms with van der Waals surface area (Å²) in [6.45, 7) is 3.97. The molecule has 0 fully saturated rings. The van der Waals surface area contributed by atoms with Crippen molar-refractivity contribution in [3.05, 3.63) is 47.8 Å². The Kier molecular flexibility index (Phi) is 5.31. The van der Waals surface area contributed by atoms with Crippen LogP contribution in [0, 0.1) is 0 Å². The van der Waals surface area contributed by atoms with Crippen molar-refractivity contribution in [1.82, 2.24) is 15.1 Å². The molecule has 8 nitrogen and oxygen atoms in total. The number of hydrogen-bond donors (Lipinski definition) is 3. The summed E-state index contributed by atoms with van der Waals surface area (Å²) in [6.07, 6.45) is 3.12. The van der Waals surface area contributed by atoms with Gasteiger partial charge in [-0.25, -0.2) is 0 Å². The van der Waals surface area contributed by atoms with Gasteiger partial charge in [0.05, 0.1) is 11.8 Å². The summed E-state index contributed by atoms with van der Waals surface area (Å²) in [6, 6.07) is 5.18. The van der Waals surface area contributed by atoms with Crippen LogP contribution >= 0.6 is 0 Å². The molecule has 2 rings (SSSR count). The highest BCUT2D eigenvalue weighted by Gasteiger charge is 2.15. The Labute approximate surface area is 138 Å². The minimum Gasteiger partial charge on any atom is -0.480 e. The second-order valence-electron chi connectivity index (χ2n) is 5.15. The first-order valence-electron chi connectivity index (χ1n) is 7.38. The van der Waals surface area contributed by atoms with Gasteiger partial charge in [-0.15, -0.1) is 0 Å². The van der Waals surface area contributed by atoms with E-state index in [0.717, 1.165) is 0 Å². The molecule has 0 spiro atoms. The van der Waals surface area contributed by atoms with E-state index in [2.05, 4.69) is 15.7 Å². The lowest BCUT2D eigenvalue weighted by molar-refractivity contribution is -0.138. The minimum absolute atomic E-state index is 0.300. The molecule has 24 heavy (non-hydrogen) atoms. The Morgan fingerprint density at radius 2 is 1.83 bits per heavy atom. The normalized spacial score (nSPS) is 11.6. The number of carbonyl (C=O) groups is 3. The van der Waals surface area contributed by atoms with Crippen LogP contribution in [-0.4, -0.2) is 38.7 Å². The fraction of sp³-hybridized carbons (Fsp3) is 0.250. The van der Waals surface area contributed by atoms with Crippen LogP contribution in [0.5, 0.6) is 0 Å². The predicted octanol–water partition coefficient (Wildman–Crippen LogP) is 1.36. The lowest BCUT2D eigenvalue weighted by Gasteiger charge is -2.10. The van der Waals surface area contributed by atoms with E-state index < -0.39 is 17.9 Å². The van der Waals surface area contributed by atoms with E-state index in [1.807, 2.05) is 6.92 Å². The van der Waals surface area contributed by atoms with Crippen LogP contribution in [0.25, 0.3) is 0 Å². The lowest BCUT2D eigenvalue weighted by atomic mass is 10.1. The Hall–Kier alpha value is -3.16. The maximum atomic E-state index is 12.1. The summed E-state index contributed by atoms with van der Waals surface area (Å²) in [4.78, 5) is 34.7. The maximum absolute atomic E-state index is 12.1. The number of aryl methyl sites for hydroxylation is 1. The third-order valence-electron chi connectivity index (χ3n) is 3.34. The number of anilines is 1. The Morgan fingerprint density at radius 3 is 2.38 bits per heavy atom. The van der Waals surface area contributed by atoms with E-state index in [0.29, 0.717) is 23.4 Å². The first-order valence-corrected chi connectivity index (χ1v) is 7.38. The standard InChI is InChI=1S/C16H18N4O4/c1-3-20-9-12(8-17-20)15(22)19-13-6-4-11(5-7-13)14(21)18-10(2)16(23)24/h4-10H,3H2,1-2H3,(H,18,21)(H,19,22)(H,23,24). The highest BCUT2D eigenvalue weighted by molar-refractivity contribution is 6.04. The topological polar surface area (TPSA) is 113 Å². The van der Waals surface area contributed by atoms with Gasteiger partial charge in [-0.1, -0.05) is 0 Å². The molecule has 0 aliphatic rings. The van der Waals surface area contributed by atoms with Crippen LogP contribution in [0.3, 0.4) is 0 Å². The van der Waals surface area contributed by atoms with E-state index in [1.165, 1.54) is 25.3 Å². The van der Waals surface area contributed by atoms with Crippen LogP contribution in [0.1, 0.15) is 34.6 Å². The average Bonchev–Trinajstić information content (AvgIpc) is 3.04. The first kappa shape index (κ1) is 17.2. The number of hydrogen-bond acceptors (Lipinski definition) is 4. The molecule has 126 valence electrons. The number of nitrogens with one attached hydrogen (secondary N) is 2. The number of carbonyl (C=O) groups excluding carboxylic acids is 2. The number of rotatable bonds is 6. The molecule has 1 aromatic carbocycles. The van der Waals surface area contributed by atoms with Crippen molar-refractivity contribution >= 4 is 23.5 Å². The van der Waals surface area contributed by atoms with E-state index in [4.69, 9.17) is 5.11 Å². The fourth-order valence-electron chi connectivity index (χ4n) is 1.90.